The second kappa shape index (κ2) is 8.18. The second-order valence-electron chi connectivity index (χ2n) is 5.66. The molecule has 0 aromatic heterocycles. The van der Waals surface area contributed by atoms with Crippen LogP contribution >= 0.6 is 0 Å². The highest BCUT2D eigenvalue weighted by Crippen LogP contribution is 2.26. The number of hydrogen-bond acceptors (Lipinski definition) is 4. The summed E-state index contributed by atoms with van der Waals surface area (Å²) in [7, 11) is -2.39. The number of carbonyl (C=O) groups is 1. The standard InChI is InChI=1S/C18H21FN2O4S/c1-4-16(18(22)20-13-8-7-9-14(12-13)25-2)21(26(3,23)24)17-11-6-5-10-15(17)19/h5-12,16H,4H2,1-3H3,(H,20,22). The van der Waals surface area contributed by atoms with Crippen LogP contribution < -0.4 is 14.4 Å². The topological polar surface area (TPSA) is 75.7 Å². The Bertz CT molecular complexity index is 886. The van der Waals surface area contributed by atoms with Gasteiger partial charge in [-0.3, -0.25) is 9.10 Å². The normalized spacial score (nSPS) is 12.3. The van der Waals surface area contributed by atoms with Gasteiger partial charge >= 0.3 is 0 Å². The van der Waals surface area contributed by atoms with Crippen LogP contribution in [0, 0.1) is 5.82 Å². The van der Waals surface area contributed by atoms with Gasteiger partial charge in [-0.2, -0.15) is 0 Å². The number of methoxy groups -OCH3 is 1. The van der Waals surface area contributed by atoms with Crippen molar-refractivity contribution in [2.45, 2.75) is 19.4 Å². The van der Waals surface area contributed by atoms with Crippen LogP contribution in [0.1, 0.15) is 13.3 Å². The molecule has 1 amide bonds. The molecule has 2 aromatic carbocycles. The number of benzene rings is 2. The molecule has 0 bridgehead atoms. The van der Waals surface area contributed by atoms with E-state index in [-0.39, 0.29) is 12.1 Å². The lowest BCUT2D eigenvalue weighted by atomic mass is 10.1. The van der Waals surface area contributed by atoms with E-state index in [0.717, 1.165) is 16.6 Å². The van der Waals surface area contributed by atoms with Gasteiger partial charge in [0.15, 0.2) is 0 Å². The highest BCUT2D eigenvalue weighted by Gasteiger charge is 2.33. The maximum absolute atomic E-state index is 14.2. The van der Waals surface area contributed by atoms with Gasteiger partial charge in [0.2, 0.25) is 15.9 Å². The summed E-state index contributed by atoms with van der Waals surface area (Å²) in [6, 6.07) is 11.0. The predicted octanol–water partition coefficient (Wildman–Crippen LogP) is 3.02. The zero-order chi connectivity index (χ0) is 19.3. The van der Waals surface area contributed by atoms with Crippen LogP contribution in [0.2, 0.25) is 0 Å². The number of hydrogen-bond donors (Lipinski definition) is 1. The number of halogens is 1. The summed E-state index contributed by atoms with van der Waals surface area (Å²) < 4.78 is 44.7. The van der Waals surface area contributed by atoms with E-state index in [1.54, 1.807) is 31.2 Å². The number of nitrogens with zero attached hydrogens (tertiary/aromatic N) is 1. The van der Waals surface area contributed by atoms with E-state index in [1.165, 1.54) is 25.3 Å². The Morgan fingerprint density at radius 1 is 1.23 bits per heavy atom. The molecule has 8 heteroatoms. The van der Waals surface area contributed by atoms with Crippen molar-refractivity contribution >= 4 is 27.3 Å². The first-order valence-electron chi connectivity index (χ1n) is 7.96. The molecule has 1 N–H and O–H groups in total. The van der Waals surface area contributed by atoms with E-state index in [0.29, 0.717) is 11.4 Å². The minimum Gasteiger partial charge on any atom is -0.497 e. The molecule has 0 heterocycles. The summed E-state index contributed by atoms with van der Waals surface area (Å²) in [5.41, 5.74) is 0.289. The minimum absolute atomic E-state index is 0.164. The smallest absolute Gasteiger partial charge is 0.248 e. The summed E-state index contributed by atoms with van der Waals surface area (Å²) >= 11 is 0. The van der Waals surface area contributed by atoms with Crippen LogP contribution in [0.5, 0.6) is 5.75 Å². The van der Waals surface area contributed by atoms with E-state index >= 15 is 0 Å². The van der Waals surface area contributed by atoms with Crippen molar-refractivity contribution in [1.82, 2.24) is 0 Å². The molecule has 0 spiro atoms. The van der Waals surface area contributed by atoms with Crippen LogP contribution in [0.25, 0.3) is 0 Å². The zero-order valence-electron chi connectivity index (χ0n) is 14.8. The molecule has 1 unspecified atom stereocenters. The van der Waals surface area contributed by atoms with Crippen molar-refractivity contribution in [2.24, 2.45) is 0 Å². The number of para-hydroxylation sites is 1. The third kappa shape index (κ3) is 4.51. The van der Waals surface area contributed by atoms with Crippen molar-refractivity contribution in [3.8, 4) is 5.75 Å². The molecule has 0 fully saturated rings. The van der Waals surface area contributed by atoms with Gasteiger partial charge in [0.05, 0.1) is 19.1 Å². The molecular weight excluding hydrogens is 359 g/mol. The second-order valence-corrected chi connectivity index (χ2v) is 7.51. The average molecular weight is 380 g/mol. The summed E-state index contributed by atoms with van der Waals surface area (Å²) in [5, 5.41) is 2.66. The van der Waals surface area contributed by atoms with Crippen LogP contribution in [0.3, 0.4) is 0 Å². The maximum Gasteiger partial charge on any atom is 0.248 e. The van der Waals surface area contributed by atoms with E-state index in [4.69, 9.17) is 4.74 Å². The zero-order valence-corrected chi connectivity index (χ0v) is 15.6. The van der Waals surface area contributed by atoms with E-state index < -0.39 is 27.8 Å². The first kappa shape index (κ1) is 19.7. The number of ether oxygens (including phenoxy) is 1. The SMILES string of the molecule is CCC(C(=O)Nc1cccc(OC)c1)N(c1ccccc1F)S(C)(=O)=O. The lowest BCUT2D eigenvalue weighted by Gasteiger charge is -2.30. The fourth-order valence-electron chi connectivity index (χ4n) is 2.59. The summed E-state index contributed by atoms with van der Waals surface area (Å²) in [6.45, 7) is 1.66. The van der Waals surface area contributed by atoms with Crippen molar-refractivity contribution in [2.75, 3.05) is 23.0 Å². The lowest BCUT2D eigenvalue weighted by Crippen LogP contribution is -2.47. The number of anilines is 2. The van der Waals surface area contributed by atoms with Gasteiger partial charge in [-0.05, 0) is 30.7 Å². The van der Waals surface area contributed by atoms with E-state index in [2.05, 4.69) is 5.32 Å². The van der Waals surface area contributed by atoms with Gasteiger partial charge in [0, 0.05) is 11.8 Å². The Balaban J connectivity index is 2.38. The summed E-state index contributed by atoms with van der Waals surface area (Å²) in [5.74, 6) is -0.732. The van der Waals surface area contributed by atoms with Crippen LogP contribution in [0.4, 0.5) is 15.8 Å². The summed E-state index contributed by atoms with van der Waals surface area (Å²) in [6.07, 6.45) is 1.11. The fraction of sp³-hybridized carbons (Fsp3) is 0.278. The first-order valence-corrected chi connectivity index (χ1v) is 9.81. The van der Waals surface area contributed by atoms with Crippen molar-refractivity contribution < 1.29 is 22.3 Å². The third-order valence-corrected chi connectivity index (χ3v) is 4.92. The number of carbonyl (C=O) groups excluding carboxylic acids is 1. The number of amides is 1. The molecule has 0 aliphatic rings. The fourth-order valence-corrected chi connectivity index (χ4v) is 3.80. The maximum atomic E-state index is 14.2. The van der Waals surface area contributed by atoms with Gasteiger partial charge < -0.3 is 10.1 Å². The Morgan fingerprint density at radius 3 is 2.50 bits per heavy atom. The molecule has 26 heavy (non-hydrogen) atoms. The first-order chi connectivity index (χ1) is 12.3. The van der Waals surface area contributed by atoms with Crippen molar-refractivity contribution in [1.29, 1.82) is 0 Å². The van der Waals surface area contributed by atoms with Gasteiger partial charge in [-0.1, -0.05) is 25.1 Å². The molecule has 0 aliphatic carbocycles. The van der Waals surface area contributed by atoms with Gasteiger partial charge in [-0.25, -0.2) is 12.8 Å². The number of nitrogens with one attached hydrogen (secondary N) is 1. The van der Waals surface area contributed by atoms with E-state index in [9.17, 15) is 17.6 Å². The highest BCUT2D eigenvalue weighted by molar-refractivity contribution is 7.92. The Labute approximate surface area is 152 Å². The average Bonchev–Trinajstić information content (AvgIpc) is 2.59. The molecule has 6 nitrogen and oxygen atoms in total. The van der Waals surface area contributed by atoms with Crippen LogP contribution in [-0.4, -0.2) is 33.7 Å². The molecule has 2 rings (SSSR count). The quantitative estimate of drug-likeness (QED) is 0.801. The predicted molar refractivity (Wildman–Crippen MR) is 99.4 cm³/mol. The Kier molecular flexibility index (Phi) is 6.20. The third-order valence-electron chi connectivity index (χ3n) is 3.76. The molecule has 0 saturated heterocycles. The number of sulfonamides is 1. The molecule has 0 radical (unpaired) electrons. The van der Waals surface area contributed by atoms with Crippen molar-refractivity contribution in [3.63, 3.8) is 0 Å². The molecular formula is C18H21FN2O4S. The molecule has 2 aromatic rings. The lowest BCUT2D eigenvalue weighted by molar-refractivity contribution is -0.117. The van der Waals surface area contributed by atoms with Gasteiger partial charge in [0.25, 0.3) is 0 Å². The van der Waals surface area contributed by atoms with Crippen LogP contribution in [-0.2, 0) is 14.8 Å². The Morgan fingerprint density at radius 2 is 1.92 bits per heavy atom. The highest BCUT2D eigenvalue weighted by atomic mass is 32.2. The molecule has 0 aliphatic heterocycles. The van der Waals surface area contributed by atoms with Gasteiger partial charge in [0.1, 0.15) is 17.6 Å². The monoisotopic (exact) mass is 380 g/mol. The van der Waals surface area contributed by atoms with Gasteiger partial charge in [-0.15, -0.1) is 0 Å². The minimum atomic E-state index is -3.89. The van der Waals surface area contributed by atoms with E-state index in [1.807, 2.05) is 0 Å². The Hall–Kier alpha value is -2.61. The van der Waals surface area contributed by atoms with Crippen molar-refractivity contribution in [3.05, 3.63) is 54.3 Å². The molecule has 0 saturated carbocycles. The molecule has 1 atom stereocenters. The summed E-state index contributed by atoms with van der Waals surface area (Å²) in [4.78, 5) is 12.7. The molecule has 140 valence electrons. The largest absolute Gasteiger partial charge is 0.497 e. The number of rotatable bonds is 7. The van der Waals surface area contributed by atoms with Crippen LogP contribution in [0.15, 0.2) is 48.5 Å².